The summed E-state index contributed by atoms with van der Waals surface area (Å²) in [5.41, 5.74) is 4.86. The lowest BCUT2D eigenvalue weighted by molar-refractivity contribution is -0.384. The topological polar surface area (TPSA) is 106 Å². The molecule has 2 N–H and O–H groups in total. The van der Waals surface area contributed by atoms with E-state index in [4.69, 9.17) is 12.2 Å². The summed E-state index contributed by atoms with van der Waals surface area (Å²) in [5.74, 6) is 0. The van der Waals surface area contributed by atoms with Crippen LogP contribution in [0.2, 0.25) is 0 Å². The monoisotopic (exact) mass is 410 g/mol. The number of anilines is 1. The van der Waals surface area contributed by atoms with Crippen LogP contribution in [-0.2, 0) is 7.05 Å². The number of nitro benzene ring substituents is 1. The summed E-state index contributed by atoms with van der Waals surface area (Å²) >= 11 is 5.21. The minimum atomic E-state index is -0.470. The number of hydrazone groups is 1. The summed E-state index contributed by atoms with van der Waals surface area (Å²) in [4.78, 5) is 23.0. The molecule has 0 spiro atoms. The van der Waals surface area contributed by atoms with E-state index >= 15 is 0 Å². The summed E-state index contributed by atoms with van der Waals surface area (Å²) in [6, 6.07) is 15.2. The van der Waals surface area contributed by atoms with Gasteiger partial charge in [0.15, 0.2) is 5.11 Å². The fraction of sp³-hybridized carbons (Fsp3) is 0.105. The number of hydrogen-bond acceptors (Lipinski definition) is 5. The fourth-order valence-electron chi connectivity index (χ4n) is 2.70. The van der Waals surface area contributed by atoms with Gasteiger partial charge in [0.2, 0.25) is 0 Å². The zero-order valence-electron chi connectivity index (χ0n) is 15.7. The highest BCUT2D eigenvalue weighted by molar-refractivity contribution is 7.80. The minimum Gasteiger partial charge on any atom is -0.325 e. The quantitative estimate of drug-likeness (QED) is 0.290. The number of para-hydroxylation sites is 1. The Kier molecular flexibility index (Phi) is 5.84. The van der Waals surface area contributed by atoms with Crippen molar-refractivity contribution in [1.29, 1.82) is 0 Å². The molecule has 0 aliphatic carbocycles. The molecular formula is C19H18N6O3S. The lowest BCUT2D eigenvalue weighted by Crippen LogP contribution is -2.28. The molecule has 0 aliphatic heterocycles. The van der Waals surface area contributed by atoms with Gasteiger partial charge in [0.1, 0.15) is 5.69 Å². The second kappa shape index (κ2) is 8.48. The first-order chi connectivity index (χ1) is 13.9. The van der Waals surface area contributed by atoms with Crippen LogP contribution in [0.15, 0.2) is 64.5 Å². The van der Waals surface area contributed by atoms with Crippen LogP contribution in [0.1, 0.15) is 11.3 Å². The maximum atomic E-state index is 12.8. The highest BCUT2D eigenvalue weighted by Gasteiger charge is 2.16. The van der Waals surface area contributed by atoms with Crippen molar-refractivity contribution in [3.8, 4) is 5.69 Å². The van der Waals surface area contributed by atoms with Gasteiger partial charge >= 0.3 is 0 Å². The van der Waals surface area contributed by atoms with Gasteiger partial charge in [-0.15, -0.1) is 0 Å². The van der Waals surface area contributed by atoms with Crippen LogP contribution in [0, 0.1) is 17.0 Å². The first-order valence-corrected chi connectivity index (χ1v) is 8.98. The van der Waals surface area contributed by atoms with Gasteiger partial charge in [-0.25, -0.2) is 4.68 Å². The third kappa shape index (κ3) is 4.38. The van der Waals surface area contributed by atoms with Crippen LogP contribution in [0.25, 0.3) is 5.69 Å². The largest absolute Gasteiger partial charge is 0.325 e. The van der Waals surface area contributed by atoms with Gasteiger partial charge < -0.3 is 5.32 Å². The number of nitrogens with one attached hydrogen (secondary N) is 2. The number of rotatable bonds is 5. The van der Waals surface area contributed by atoms with E-state index in [1.54, 1.807) is 28.5 Å². The number of benzene rings is 2. The SMILES string of the molecule is Cc1c(NC(=S)NN=Cc2ccc([N+](=O)[O-])cc2)c(=O)n(-c2ccccc2)n1C. The third-order valence-corrected chi connectivity index (χ3v) is 4.47. The Morgan fingerprint density at radius 1 is 1.17 bits per heavy atom. The van der Waals surface area contributed by atoms with E-state index in [1.165, 1.54) is 18.3 Å². The van der Waals surface area contributed by atoms with Crippen molar-refractivity contribution in [2.75, 3.05) is 5.32 Å². The van der Waals surface area contributed by atoms with Crippen molar-refractivity contribution in [2.45, 2.75) is 6.92 Å². The van der Waals surface area contributed by atoms with Gasteiger partial charge in [-0.1, -0.05) is 18.2 Å². The Labute approximate surface area is 171 Å². The van der Waals surface area contributed by atoms with Crippen molar-refractivity contribution in [2.24, 2.45) is 12.1 Å². The summed E-state index contributed by atoms with van der Waals surface area (Å²) in [5, 5.41) is 17.7. The average molecular weight is 410 g/mol. The van der Waals surface area contributed by atoms with Crippen molar-refractivity contribution in [3.63, 3.8) is 0 Å². The summed E-state index contributed by atoms with van der Waals surface area (Å²) in [6.07, 6.45) is 1.47. The normalized spacial score (nSPS) is 10.8. The lowest BCUT2D eigenvalue weighted by Gasteiger charge is -2.07. The molecule has 0 fully saturated rings. The van der Waals surface area contributed by atoms with E-state index < -0.39 is 4.92 Å². The maximum Gasteiger partial charge on any atom is 0.295 e. The van der Waals surface area contributed by atoms with Gasteiger partial charge in [0, 0.05) is 19.2 Å². The smallest absolute Gasteiger partial charge is 0.295 e. The molecule has 3 aromatic rings. The summed E-state index contributed by atoms with van der Waals surface area (Å²) < 4.78 is 3.28. The zero-order chi connectivity index (χ0) is 21.0. The maximum absolute atomic E-state index is 12.8. The highest BCUT2D eigenvalue weighted by atomic mass is 32.1. The first-order valence-electron chi connectivity index (χ1n) is 8.57. The van der Waals surface area contributed by atoms with E-state index in [-0.39, 0.29) is 16.4 Å². The number of thiocarbonyl (C=S) groups is 1. The van der Waals surface area contributed by atoms with Crippen LogP contribution in [0.3, 0.4) is 0 Å². The first kappa shape index (κ1) is 20.0. The molecule has 29 heavy (non-hydrogen) atoms. The Morgan fingerprint density at radius 3 is 2.45 bits per heavy atom. The molecule has 0 saturated carbocycles. The van der Waals surface area contributed by atoms with E-state index in [1.807, 2.05) is 37.3 Å². The van der Waals surface area contributed by atoms with E-state index in [0.717, 1.165) is 5.69 Å². The average Bonchev–Trinajstić information content (AvgIpc) is 2.92. The molecule has 10 heteroatoms. The van der Waals surface area contributed by atoms with Crippen LogP contribution >= 0.6 is 12.2 Å². The zero-order valence-corrected chi connectivity index (χ0v) is 16.5. The lowest BCUT2D eigenvalue weighted by atomic mass is 10.2. The molecule has 0 amide bonds. The van der Waals surface area contributed by atoms with Gasteiger partial charge in [0.25, 0.3) is 11.2 Å². The summed E-state index contributed by atoms with van der Waals surface area (Å²) in [6.45, 7) is 1.81. The molecule has 3 rings (SSSR count). The number of nitrogens with zero attached hydrogens (tertiary/aromatic N) is 4. The molecule has 0 aliphatic rings. The standard InChI is InChI=1S/C19H18N6O3S/c1-13-17(18(26)24(23(13)2)15-6-4-3-5-7-15)21-19(29)22-20-12-14-8-10-16(11-9-14)25(27)28/h3-12H,1-2H3,(H2,21,22,29). The van der Waals surface area contributed by atoms with Crippen molar-refractivity contribution in [3.05, 3.63) is 86.3 Å². The molecule has 0 saturated heterocycles. The molecule has 0 bridgehead atoms. The van der Waals surface area contributed by atoms with E-state index in [0.29, 0.717) is 16.9 Å². The van der Waals surface area contributed by atoms with Gasteiger partial charge in [-0.2, -0.15) is 5.10 Å². The molecule has 0 atom stereocenters. The van der Waals surface area contributed by atoms with Crippen LogP contribution in [0.4, 0.5) is 11.4 Å². The van der Waals surface area contributed by atoms with Crippen molar-refractivity contribution >= 4 is 34.9 Å². The molecule has 0 unspecified atom stereocenters. The number of nitro groups is 1. The van der Waals surface area contributed by atoms with E-state index in [2.05, 4.69) is 15.8 Å². The Hall–Kier alpha value is -3.79. The molecule has 9 nitrogen and oxygen atoms in total. The van der Waals surface area contributed by atoms with Gasteiger partial charge in [-0.05, 0) is 49.0 Å². The van der Waals surface area contributed by atoms with Crippen LogP contribution in [0.5, 0.6) is 0 Å². The molecule has 148 valence electrons. The predicted molar refractivity (Wildman–Crippen MR) is 116 cm³/mol. The van der Waals surface area contributed by atoms with Gasteiger partial charge in [-0.3, -0.25) is 25.0 Å². The number of hydrogen-bond donors (Lipinski definition) is 2. The molecule has 2 aromatic carbocycles. The Morgan fingerprint density at radius 2 is 1.83 bits per heavy atom. The van der Waals surface area contributed by atoms with Crippen LogP contribution in [-0.4, -0.2) is 25.6 Å². The molecular weight excluding hydrogens is 392 g/mol. The minimum absolute atomic E-state index is 0.00143. The Bertz CT molecular complexity index is 1130. The molecule has 0 radical (unpaired) electrons. The second-order valence-corrected chi connectivity index (χ2v) is 6.52. The Balaban J connectivity index is 1.71. The van der Waals surface area contributed by atoms with Crippen LogP contribution < -0.4 is 16.3 Å². The summed E-state index contributed by atoms with van der Waals surface area (Å²) in [7, 11) is 1.79. The second-order valence-electron chi connectivity index (χ2n) is 6.11. The molecule has 1 aromatic heterocycles. The highest BCUT2D eigenvalue weighted by Crippen LogP contribution is 2.14. The van der Waals surface area contributed by atoms with E-state index in [9.17, 15) is 14.9 Å². The predicted octanol–water partition coefficient (Wildman–Crippen LogP) is 2.71. The number of non-ortho nitro benzene ring substituents is 1. The fourth-order valence-corrected chi connectivity index (χ4v) is 2.86. The third-order valence-electron chi connectivity index (χ3n) is 4.28. The molecule has 1 heterocycles. The van der Waals surface area contributed by atoms with Gasteiger partial charge in [0.05, 0.1) is 22.5 Å². The number of aromatic nitrogens is 2. The van der Waals surface area contributed by atoms with Crippen molar-refractivity contribution < 1.29 is 4.92 Å². The van der Waals surface area contributed by atoms with Crippen molar-refractivity contribution in [1.82, 2.24) is 14.8 Å².